The van der Waals surface area contributed by atoms with E-state index in [-0.39, 0.29) is 5.78 Å². The van der Waals surface area contributed by atoms with Gasteiger partial charge < -0.3 is 14.2 Å². The van der Waals surface area contributed by atoms with Gasteiger partial charge in [0, 0.05) is 5.56 Å². The molecule has 0 fully saturated rings. The molecule has 2 aromatic rings. The van der Waals surface area contributed by atoms with Crippen molar-refractivity contribution in [1.82, 2.24) is 0 Å². The number of Topliss-reactive ketones (excluding diaryl/α,β-unsaturated/α-hetero) is 1. The zero-order valence-corrected chi connectivity index (χ0v) is 15.8. The van der Waals surface area contributed by atoms with Gasteiger partial charge in [0.1, 0.15) is 0 Å². The van der Waals surface area contributed by atoms with Crippen LogP contribution in [0, 0.1) is 13.8 Å². The van der Waals surface area contributed by atoms with Gasteiger partial charge in [0.15, 0.2) is 17.6 Å². The van der Waals surface area contributed by atoms with Crippen molar-refractivity contribution in [3.63, 3.8) is 0 Å². The maximum Gasteiger partial charge on any atom is 0.338 e. The maximum absolute atomic E-state index is 12.5. The Hall–Kier alpha value is -2.82. The van der Waals surface area contributed by atoms with Crippen molar-refractivity contribution in [3.05, 3.63) is 58.7 Å². The van der Waals surface area contributed by atoms with Gasteiger partial charge in [-0.1, -0.05) is 12.1 Å². The highest BCUT2D eigenvalue weighted by atomic mass is 16.5. The first-order chi connectivity index (χ1) is 12.4. The van der Waals surface area contributed by atoms with Crippen molar-refractivity contribution in [3.8, 4) is 11.5 Å². The van der Waals surface area contributed by atoms with Crippen LogP contribution in [0.25, 0.3) is 0 Å². The Labute approximate surface area is 153 Å². The molecule has 0 aliphatic heterocycles. The van der Waals surface area contributed by atoms with Crippen LogP contribution in [0.5, 0.6) is 11.5 Å². The van der Waals surface area contributed by atoms with Crippen LogP contribution in [0.1, 0.15) is 45.7 Å². The fraction of sp³-hybridized carbons (Fsp3) is 0.333. The number of ketones is 1. The third-order valence-electron chi connectivity index (χ3n) is 4.14. The van der Waals surface area contributed by atoms with Crippen LogP contribution in [0.2, 0.25) is 0 Å². The molecule has 0 amide bonds. The second kappa shape index (κ2) is 8.52. The van der Waals surface area contributed by atoms with Gasteiger partial charge in [0.05, 0.1) is 19.3 Å². The fourth-order valence-corrected chi connectivity index (χ4v) is 2.48. The molecular formula is C21H24O5. The normalized spacial score (nSPS) is 11.6. The number of aryl methyl sites for hydroxylation is 2. The van der Waals surface area contributed by atoms with Crippen molar-refractivity contribution >= 4 is 11.8 Å². The van der Waals surface area contributed by atoms with E-state index >= 15 is 0 Å². The van der Waals surface area contributed by atoms with E-state index in [1.54, 1.807) is 31.2 Å². The molecule has 1 atom stereocenters. The Kier molecular flexibility index (Phi) is 6.39. The Morgan fingerprint density at radius 1 is 0.962 bits per heavy atom. The van der Waals surface area contributed by atoms with Crippen molar-refractivity contribution < 1.29 is 23.8 Å². The summed E-state index contributed by atoms with van der Waals surface area (Å²) in [6.45, 7) is 7.84. The van der Waals surface area contributed by atoms with Gasteiger partial charge in [-0.05, 0) is 63.1 Å². The van der Waals surface area contributed by atoms with Crippen LogP contribution in [-0.4, -0.2) is 31.6 Å². The smallest absolute Gasteiger partial charge is 0.338 e. The molecule has 138 valence electrons. The Bertz CT molecular complexity index is 810. The molecule has 0 spiro atoms. The molecule has 0 N–H and O–H groups in total. The standard InChI is InChI=1S/C21H24O5/c1-6-25-18-10-9-17(12-19(18)24-5)21(23)26-15(4)20(22)16-8-7-13(2)14(3)11-16/h7-12,15H,6H2,1-5H3. The predicted molar refractivity (Wildman–Crippen MR) is 99.3 cm³/mol. The summed E-state index contributed by atoms with van der Waals surface area (Å²) >= 11 is 0. The molecule has 0 aliphatic carbocycles. The van der Waals surface area contributed by atoms with Crippen molar-refractivity contribution in [2.75, 3.05) is 13.7 Å². The van der Waals surface area contributed by atoms with E-state index in [1.807, 2.05) is 32.9 Å². The summed E-state index contributed by atoms with van der Waals surface area (Å²) in [7, 11) is 1.50. The lowest BCUT2D eigenvalue weighted by Gasteiger charge is -2.14. The summed E-state index contributed by atoms with van der Waals surface area (Å²) < 4.78 is 16.0. The predicted octanol–water partition coefficient (Wildman–Crippen LogP) is 4.14. The average Bonchev–Trinajstić information content (AvgIpc) is 2.63. The van der Waals surface area contributed by atoms with Crippen LogP contribution >= 0.6 is 0 Å². The first kappa shape index (κ1) is 19.5. The molecular weight excluding hydrogens is 332 g/mol. The SMILES string of the molecule is CCOc1ccc(C(=O)OC(C)C(=O)c2ccc(C)c(C)c2)cc1OC. The van der Waals surface area contributed by atoms with Crippen molar-refractivity contribution in [2.24, 2.45) is 0 Å². The van der Waals surface area contributed by atoms with Gasteiger partial charge >= 0.3 is 5.97 Å². The van der Waals surface area contributed by atoms with E-state index in [1.165, 1.54) is 7.11 Å². The minimum atomic E-state index is -0.887. The summed E-state index contributed by atoms with van der Waals surface area (Å²) in [5.74, 6) is 0.163. The zero-order valence-electron chi connectivity index (χ0n) is 15.8. The Morgan fingerprint density at radius 2 is 1.65 bits per heavy atom. The molecule has 5 nitrogen and oxygen atoms in total. The van der Waals surface area contributed by atoms with Gasteiger partial charge in [-0.15, -0.1) is 0 Å². The number of rotatable bonds is 7. The third-order valence-corrected chi connectivity index (χ3v) is 4.14. The highest BCUT2D eigenvalue weighted by Crippen LogP contribution is 2.28. The molecule has 0 saturated carbocycles. The number of ether oxygens (including phenoxy) is 3. The summed E-state index contributed by atoms with van der Waals surface area (Å²) in [5.41, 5.74) is 2.95. The summed E-state index contributed by atoms with van der Waals surface area (Å²) in [4.78, 5) is 24.9. The lowest BCUT2D eigenvalue weighted by atomic mass is 10.0. The molecule has 0 saturated heterocycles. The maximum atomic E-state index is 12.5. The van der Waals surface area contributed by atoms with E-state index in [9.17, 15) is 9.59 Å². The highest BCUT2D eigenvalue weighted by molar-refractivity contribution is 6.01. The zero-order chi connectivity index (χ0) is 19.3. The van der Waals surface area contributed by atoms with Crippen LogP contribution in [-0.2, 0) is 4.74 Å². The molecule has 1 unspecified atom stereocenters. The van der Waals surface area contributed by atoms with E-state index < -0.39 is 12.1 Å². The average molecular weight is 356 g/mol. The van der Waals surface area contributed by atoms with E-state index in [0.717, 1.165) is 11.1 Å². The highest BCUT2D eigenvalue weighted by Gasteiger charge is 2.21. The Balaban J connectivity index is 2.13. The van der Waals surface area contributed by atoms with Crippen LogP contribution in [0.4, 0.5) is 0 Å². The van der Waals surface area contributed by atoms with Crippen molar-refractivity contribution in [1.29, 1.82) is 0 Å². The minimum absolute atomic E-state index is 0.237. The van der Waals surface area contributed by atoms with Crippen LogP contribution in [0.15, 0.2) is 36.4 Å². The first-order valence-corrected chi connectivity index (χ1v) is 8.50. The Morgan fingerprint density at radius 3 is 2.27 bits per heavy atom. The third kappa shape index (κ3) is 4.42. The number of hydrogen-bond donors (Lipinski definition) is 0. The number of methoxy groups -OCH3 is 1. The second-order valence-corrected chi connectivity index (χ2v) is 6.01. The van der Waals surface area contributed by atoms with Crippen LogP contribution < -0.4 is 9.47 Å². The van der Waals surface area contributed by atoms with Gasteiger partial charge in [-0.3, -0.25) is 4.79 Å². The molecule has 0 heterocycles. The molecule has 2 rings (SSSR count). The minimum Gasteiger partial charge on any atom is -0.493 e. The number of hydrogen-bond acceptors (Lipinski definition) is 5. The molecule has 0 aromatic heterocycles. The molecule has 26 heavy (non-hydrogen) atoms. The topological polar surface area (TPSA) is 61.8 Å². The molecule has 5 heteroatoms. The van der Waals surface area contributed by atoms with Gasteiger partial charge in [-0.25, -0.2) is 4.79 Å². The summed E-state index contributed by atoms with van der Waals surface area (Å²) in [6.07, 6.45) is -0.887. The van der Waals surface area contributed by atoms with E-state index in [2.05, 4.69) is 0 Å². The molecule has 0 radical (unpaired) electrons. The second-order valence-electron chi connectivity index (χ2n) is 6.01. The lowest BCUT2D eigenvalue weighted by Crippen LogP contribution is -2.24. The molecule has 0 aliphatic rings. The molecule has 2 aromatic carbocycles. The van der Waals surface area contributed by atoms with Crippen molar-refractivity contribution in [2.45, 2.75) is 33.8 Å². The number of esters is 1. The monoisotopic (exact) mass is 356 g/mol. The van der Waals surface area contributed by atoms with Gasteiger partial charge in [0.2, 0.25) is 5.78 Å². The van der Waals surface area contributed by atoms with E-state index in [4.69, 9.17) is 14.2 Å². The fourth-order valence-electron chi connectivity index (χ4n) is 2.48. The van der Waals surface area contributed by atoms with Gasteiger partial charge in [0.25, 0.3) is 0 Å². The number of benzene rings is 2. The van der Waals surface area contributed by atoms with E-state index in [0.29, 0.717) is 29.2 Å². The molecule has 0 bridgehead atoms. The number of carbonyl (C=O) groups is 2. The van der Waals surface area contributed by atoms with Crippen LogP contribution in [0.3, 0.4) is 0 Å². The first-order valence-electron chi connectivity index (χ1n) is 8.50. The quantitative estimate of drug-likeness (QED) is 0.551. The number of carbonyl (C=O) groups excluding carboxylic acids is 2. The summed E-state index contributed by atoms with van der Waals surface area (Å²) in [6, 6.07) is 10.2. The largest absolute Gasteiger partial charge is 0.493 e. The summed E-state index contributed by atoms with van der Waals surface area (Å²) in [5, 5.41) is 0. The lowest BCUT2D eigenvalue weighted by molar-refractivity contribution is 0.0318. The van der Waals surface area contributed by atoms with Gasteiger partial charge in [-0.2, -0.15) is 0 Å².